The summed E-state index contributed by atoms with van der Waals surface area (Å²) in [7, 11) is 3.36. The molecule has 2 aromatic heterocycles. The van der Waals surface area contributed by atoms with Crippen molar-refractivity contribution in [3.05, 3.63) is 71.4 Å². The van der Waals surface area contributed by atoms with Gasteiger partial charge >= 0.3 is 0 Å². The first kappa shape index (κ1) is 24.3. The number of carbonyl (C=O) groups is 2. The lowest BCUT2D eigenvalue weighted by atomic mass is 10.0. The SMILES string of the molecule is CNC(=O)c1ccc(CN(C)C(=O)c2cc(-c3ccc4c(c3)OCCO4)nc3c2cnn3C(C)C)cc1. The van der Waals surface area contributed by atoms with Crippen LogP contribution in [0.1, 0.15) is 46.2 Å². The van der Waals surface area contributed by atoms with Crippen molar-refractivity contribution in [3.8, 4) is 22.8 Å². The highest BCUT2D eigenvalue weighted by atomic mass is 16.6. The number of nitrogens with zero attached hydrogens (tertiary/aromatic N) is 4. The first-order chi connectivity index (χ1) is 17.9. The number of pyridine rings is 1. The van der Waals surface area contributed by atoms with Gasteiger partial charge < -0.3 is 19.7 Å². The number of hydrogen-bond acceptors (Lipinski definition) is 6. The molecular weight excluding hydrogens is 470 g/mol. The van der Waals surface area contributed by atoms with E-state index >= 15 is 0 Å². The van der Waals surface area contributed by atoms with E-state index in [1.165, 1.54) is 0 Å². The van der Waals surface area contributed by atoms with Crippen molar-refractivity contribution < 1.29 is 19.1 Å². The summed E-state index contributed by atoms with van der Waals surface area (Å²) in [5.74, 6) is 1.06. The molecule has 0 aliphatic carbocycles. The first-order valence-corrected chi connectivity index (χ1v) is 12.2. The Morgan fingerprint density at radius 1 is 1.05 bits per heavy atom. The highest BCUT2D eigenvalue weighted by Crippen LogP contribution is 2.35. The second-order valence-corrected chi connectivity index (χ2v) is 9.27. The lowest BCUT2D eigenvalue weighted by Gasteiger charge is -2.20. The molecule has 0 saturated carbocycles. The van der Waals surface area contributed by atoms with Crippen LogP contribution in [0.4, 0.5) is 0 Å². The summed E-state index contributed by atoms with van der Waals surface area (Å²) >= 11 is 0. The molecule has 5 rings (SSSR count). The minimum atomic E-state index is -0.149. The standard InChI is InChI=1S/C28H29N5O4/c1-17(2)33-26-22(15-30-33)21(14-23(31-26)20-9-10-24-25(13-20)37-12-11-36-24)28(35)32(4)16-18-5-7-19(8-6-18)27(34)29-3/h5-10,13-15,17H,11-12,16H2,1-4H3,(H,29,34). The maximum atomic E-state index is 13.7. The van der Waals surface area contributed by atoms with Crippen LogP contribution in [0.3, 0.4) is 0 Å². The van der Waals surface area contributed by atoms with E-state index in [2.05, 4.69) is 10.4 Å². The zero-order valence-corrected chi connectivity index (χ0v) is 21.3. The normalized spacial score (nSPS) is 12.6. The van der Waals surface area contributed by atoms with E-state index in [9.17, 15) is 9.59 Å². The van der Waals surface area contributed by atoms with Gasteiger partial charge in [-0.3, -0.25) is 9.59 Å². The van der Waals surface area contributed by atoms with Crippen molar-refractivity contribution in [1.29, 1.82) is 0 Å². The number of benzene rings is 2. The smallest absolute Gasteiger partial charge is 0.254 e. The van der Waals surface area contributed by atoms with Gasteiger partial charge in [0.15, 0.2) is 17.1 Å². The van der Waals surface area contributed by atoms with E-state index in [1.807, 2.05) is 54.9 Å². The largest absolute Gasteiger partial charge is 0.486 e. The number of rotatable bonds is 6. The molecule has 3 heterocycles. The zero-order chi connectivity index (χ0) is 26.1. The monoisotopic (exact) mass is 499 g/mol. The second-order valence-electron chi connectivity index (χ2n) is 9.27. The predicted molar refractivity (Wildman–Crippen MR) is 140 cm³/mol. The van der Waals surface area contributed by atoms with Crippen LogP contribution in [-0.4, -0.2) is 58.8 Å². The molecule has 0 saturated heterocycles. The average Bonchev–Trinajstić information content (AvgIpc) is 3.36. The Morgan fingerprint density at radius 2 is 1.78 bits per heavy atom. The summed E-state index contributed by atoms with van der Waals surface area (Å²) in [5, 5.41) is 7.83. The zero-order valence-electron chi connectivity index (χ0n) is 21.3. The Hall–Kier alpha value is -4.40. The number of carbonyl (C=O) groups excluding carboxylic acids is 2. The lowest BCUT2D eigenvalue weighted by Crippen LogP contribution is -2.26. The van der Waals surface area contributed by atoms with Gasteiger partial charge in [0.1, 0.15) is 13.2 Å². The van der Waals surface area contributed by atoms with Crippen LogP contribution in [0.5, 0.6) is 11.5 Å². The van der Waals surface area contributed by atoms with Gasteiger partial charge in [0.2, 0.25) is 0 Å². The average molecular weight is 500 g/mol. The minimum absolute atomic E-state index is 0.0695. The van der Waals surface area contributed by atoms with Crippen molar-refractivity contribution >= 4 is 22.8 Å². The van der Waals surface area contributed by atoms with Crippen LogP contribution < -0.4 is 14.8 Å². The number of aromatic nitrogens is 3. The van der Waals surface area contributed by atoms with Crippen LogP contribution in [0.25, 0.3) is 22.3 Å². The molecule has 9 nitrogen and oxygen atoms in total. The van der Waals surface area contributed by atoms with Crippen LogP contribution in [-0.2, 0) is 6.54 Å². The molecule has 0 fully saturated rings. The van der Waals surface area contributed by atoms with Crippen molar-refractivity contribution in [2.45, 2.75) is 26.4 Å². The molecule has 1 aliphatic heterocycles. The fourth-order valence-electron chi connectivity index (χ4n) is 4.38. The summed E-state index contributed by atoms with van der Waals surface area (Å²) in [6.07, 6.45) is 1.70. The lowest BCUT2D eigenvalue weighted by molar-refractivity contribution is 0.0786. The summed E-state index contributed by atoms with van der Waals surface area (Å²) in [5.41, 5.74) is 4.13. The number of hydrogen-bond donors (Lipinski definition) is 1. The fraction of sp³-hybridized carbons (Fsp3) is 0.286. The molecule has 190 valence electrons. The molecule has 1 N–H and O–H groups in total. The Balaban J connectivity index is 1.51. The van der Waals surface area contributed by atoms with E-state index in [1.54, 1.807) is 37.3 Å². The molecule has 4 aromatic rings. The Bertz CT molecular complexity index is 1480. The van der Waals surface area contributed by atoms with E-state index in [0.717, 1.165) is 11.1 Å². The fourth-order valence-corrected chi connectivity index (χ4v) is 4.38. The molecule has 1 aliphatic rings. The number of fused-ring (bicyclic) bond motifs is 2. The summed E-state index contributed by atoms with van der Waals surface area (Å²) in [6.45, 7) is 5.45. The van der Waals surface area contributed by atoms with Crippen LogP contribution >= 0.6 is 0 Å². The van der Waals surface area contributed by atoms with Gasteiger partial charge in [-0.15, -0.1) is 0 Å². The molecule has 2 aromatic carbocycles. The first-order valence-electron chi connectivity index (χ1n) is 12.2. The van der Waals surface area contributed by atoms with Gasteiger partial charge in [-0.2, -0.15) is 5.10 Å². The van der Waals surface area contributed by atoms with Crippen molar-refractivity contribution in [2.75, 3.05) is 27.3 Å². The van der Waals surface area contributed by atoms with Gasteiger partial charge in [-0.25, -0.2) is 9.67 Å². The van der Waals surface area contributed by atoms with Crippen molar-refractivity contribution in [2.24, 2.45) is 0 Å². The van der Waals surface area contributed by atoms with Crippen molar-refractivity contribution in [1.82, 2.24) is 25.0 Å². The maximum absolute atomic E-state index is 13.7. The van der Waals surface area contributed by atoms with Crippen molar-refractivity contribution in [3.63, 3.8) is 0 Å². The molecule has 37 heavy (non-hydrogen) atoms. The van der Waals surface area contributed by atoms with Gasteiger partial charge in [0, 0.05) is 37.8 Å². The quantitative estimate of drug-likeness (QED) is 0.429. The molecule has 0 radical (unpaired) electrons. The van der Waals surface area contributed by atoms with E-state index in [4.69, 9.17) is 14.5 Å². The molecule has 0 unspecified atom stereocenters. The van der Waals surface area contributed by atoms with Crippen LogP contribution in [0.2, 0.25) is 0 Å². The van der Waals surface area contributed by atoms with Gasteiger partial charge in [-0.05, 0) is 55.8 Å². The number of nitrogens with one attached hydrogen (secondary N) is 1. The van der Waals surface area contributed by atoms with Crippen LogP contribution in [0.15, 0.2) is 54.7 Å². The number of ether oxygens (including phenoxy) is 2. The van der Waals surface area contributed by atoms with E-state index < -0.39 is 0 Å². The topological polar surface area (TPSA) is 98.6 Å². The maximum Gasteiger partial charge on any atom is 0.254 e. The van der Waals surface area contributed by atoms with E-state index in [-0.39, 0.29) is 17.9 Å². The van der Waals surface area contributed by atoms with Crippen LogP contribution in [0, 0.1) is 0 Å². The van der Waals surface area contributed by atoms with Gasteiger partial charge in [0.05, 0.1) is 22.8 Å². The predicted octanol–water partition coefficient (Wildman–Crippen LogP) is 4.08. The molecule has 2 amide bonds. The third-order valence-corrected chi connectivity index (χ3v) is 6.33. The third kappa shape index (κ3) is 4.72. The minimum Gasteiger partial charge on any atom is -0.486 e. The molecular formula is C28H29N5O4. The third-order valence-electron chi connectivity index (χ3n) is 6.33. The summed E-state index contributed by atoms with van der Waals surface area (Å²) in [4.78, 5) is 32.1. The summed E-state index contributed by atoms with van der Waals surface area (Å²) < 4.78 is 13.2. The van der Waals surface area contributed by atoms with Gasteiger partial charge in [-0.1, -0.05) is 12.1 Å². The van der Waals surface area contributed by atoms with E-state index in [0.29, 0.717) is 59.1 Å². The molecule has 9 heteroatoms. The second kappa shape index (κ2) is 9.93. The van der Waals surface area contributed by atoms with Gasteiger partial charge in [0.25, 0.3) is 11.8 Å². The summed E-state index contributed by atoms with van der Waals surface area (Å²) in [6, 6.07) is 14.8. The molecule has 0 bridgehead atoms. The molecule has 0 atom stereocenters. The Kier molecular flexibility index (Phi) is 6.52. The highest BCUT2D eigenvalue weighted by Gasteiger charge is 2.22. The Morgan fingerprint density at radius 3 is 2.49 bits per heavy atom. The highest BCUT2D eigenvalue weighted by molar-refractivity contribution is 6.06. The Labute approximate surface area is 215 Å². The number of amides is 2. The molecule has 0 spiro atoms.